The molecule has 2 fully saturated rings. The Labute approximate surface area is 103 Å². The molecule has 2 rings (SSSR count). The molecule has 1 saturated heterocycles. The van der Waals surface area contributed by atoms with Gasteiger partial charge in [0, 0.05) is 19.0 Å². The van der Waals surface area contributed by atoms with Gasteiger partial charge in [0.05, 0.1) is 6.04 Å². The molecule has 1 heterocycles. The summed E-state index contributed by atoms with van der Waals surface area (Å²) in [5.41, 5.74) is 0.321. The van der Waals surface area contributed by atoms with Gasteiger partial charge in [-0.3, -0.25) is 4.79 Å². The third kappa shape index (κ3) is 3.41. The molecule has 0 spiro atoms. The molecule has 98 valence electrons. The number of alkyl halides is 1. The molecule has 0 aromatic carbocycles. The van der Waals surface area contributed by atoms with E-state index in [-0.39, 0.29) is 18.0 Å². The van der Waals surface area contributed by atoms with Crippen molar-refractivity contribution in [3.05, 3.63) is 0 Å². The van der Waals surface area contributed by atoms with Crippen LogP contribution in [0.1, 0.15) is 46.0 Å². The fourth-order valence-electron chi connectivity index (χ4n) is 3.02. The van der Waals surface area contributed by atoms with Crippen molar-refractivity contribution < 1.29 is 9.18 Å². The van der Waals surface area contributed by atoms with Crippen LogP contribution in [0.15, 0.2) is 0 Å². The highest BCUT2D eigenvalue weighted by atomic mass is 19.1. The van der Waals surface area contributed by atoms with Crippen LogP contribution in [0.25, 0.3) is 0 Å². The van der Waals surface area contributed by atoms with Gasteiger partial charge in [0.25, 0.3) is 0 Å². The second kappa shape index (κ2) is 4.92. The fourth-order valence-corrected chi connectivity index (χ4v) is 3.02. The molecular weight excluding hydrogens is 219 g/mol. The Bertz CT molecular complexity index is 293. The first-order chi connectivity index (χ1) is 7.96. The molecule has 17 heavy (non-hydrogen) atoms. The second-order valence-corrected chi connectivity index (χ2v) is 6.26. The first-order valence-corrected chi connectivity index (χ1v) is 6.64. The van der Waals surface area contributed by atoms with Crippen LogP contribution in [0.5, 0.6) is 0 Å². The van der Waals surface area contributed by atoms with Gasteiger partial charge in [-0.2, -0.15) is 0 Å². The normalized spacial score (nSPS) is 36.8. The molecule has 1 saturated carbocycles. The van der Waals surface area contributed by atoms with Crippen molar-refractivity contribution >= 4 is 5.91 Å². The maximum Gasteiger partial charge on any atom is 0.237 e. The molecule has 2 N–H and O–H groups in total. The molecule has 3 nitrogen and oxygen atoms in total. The van der Waals surface area contributed by atoms with E-state index >= 15 is 0 Å². The Kier molecular flexibility index (Phi) is 3.71. The summed E-state index contributed by atoms with van der Waals surface area (Å²) in [5, 5.41) is 6.00. The second-order valence-electron chi connectivity index (χ2n) is 6.26. The van der Waals surface area contributed by atoms with Crippen molar-refractivity contribution in [1.82, 2.24) is 10.6 Å². The van der Waals surface area contributed by atoms with Crippen LogP contribution in [-0.2, 0) is 4.79 Å². The van der Waals surface area contributed by atoms with E-state index < -0.39 is 6.17 Å². The van der Waals surface area contributed by atoms with E-state index in [9.17, 15) is 9.18 Å². The summed E-state index contributed by atoms with van der Waals surface area (Å²) in [7, 11) is 0. The molecule has 0 radical (unpaired) electrons. The third-order valence-electron chi connectivity index (χ3n) is 3.95. The van der Waals surface area contributed by atoms with Crippen LogP contribution in [0.3, 0.4) is 0 Å². The average molecular weight is 242 g/mol. The first-order valence-electron chi connectivity index (χ1n) is 6.64. The van der Waals surface area contributed by atoms with E-state index in [0.717, 1.165) is 12.8 Å². The maximum atomic E-state index is 13.0. The standard InChI is InChI=1S/C13H23FN2O/c1-13(2)5-3-4-10(7-13)16-12(17)11-6-9(14)8-15-11/h9-11,15H,3-8H2,1-2H3,(H,16,17). The summed E-state index contributed by atoms with van der Waals surface area (Å²) in [6.45, 7) is 4.81. The number of carbonyl (C=O) groups excluding carboxylic acids is 1. The molecule has 2 aliphatic rings. The molecule has 1 aliphatic heterocycles. The highest BCUT2D eigenvalue weighted by Crippen LogP contribution is 2.35. The van der Waals surface area contributed by atoms with E-state index in [2.05, 4.69) is 24.5 Å². The predicted molar refractivity (Wildman–Crippen MR) is 65.5 cm³/mol. The van der Waals surface area contributed by atoms with Gasteiger partial charge in [0.2, 0.25) is 5.91 Å². The van der Waals surface area contributed by atoms with Crippen molar-refractivity contribution in [1.29, 1.82) is 0 Å². The van der Waals surface area contributed by atoms with Gasteiger partial charge < -0.3 is 10.6 Å². The van der Waals surface area contributed by atoms with E-state index in [1.54, 1.807) is 0 Å². The lowest BCUT2D eigenvalue weighted by atomic mass is 9.75. The monoisotopic (exact) mass is 242 g/mol. The molecule has 4 heteroatoms. The Hall–Kier alpha value is -0.640. The molecular formula is C13H23FN2O. The lowest BCUT2D eigenvalue weighted by molar-refractivity contribution is -0.124. The molecule has 3 unspecified atom stereocenters. The van der Waals surface area contributed by atoms with Gasteiger partial charge in [0.15, 0.2) is 0 Å². The molecule has 0 aromatic heterocycles. The Morgan fingerprint density at radius 3 is 2.82 bits per heavy atom. The third-order valence-corrected chi connectivity index (χ3v) is 3.95. The summed E-state index contributed by atoms with van der Waals surface area (Å²) in [5.74, 6) is -0.0205. The summed E-state index contributed by atoms with van der Waals surface area (Å²) in [6, 6.07) is -0.0539. The van der Waals surface area contributed by atoms with Gasteiger partial charge in [-0.05, 0) is 24.7 Å². The van der Waals surface area contributed by atoms with Crippen molar-refractivity contribution in [3.8, 4) is 0 Å². The van der Waals surface area contributed by atoms with Gasteiger partial charge >= 0.3 is 0 Å². The van der Waals surface area contributed by atoms with Crippen LogP contribution in [0.2, 0.25) is 0 Å². The topological polar surface area (TPSA) is 41.1 Å². The Morgan fingerprint density at radius 1 is 1.47 bits per heavy atom. The highest BCUT2D eigenvalue weighted by molar-refractivity contribution is 5.82. The highest BCUT2D eigenvalue weighted by Gasteiger charge is 2.33. The van der Waals surface area contributed by atoms with E-state index in [1.165, 1.54) is 12.8 Å². The molecule has 1 amide bonds. The van der Waals surface area contributed by atoms with Crippen molar-refractivity contribution in [2.75, 3.05) is 6.54 Å². The van der Waals surface area contributed by atoms with Crippen LogP contribution < -0.4 is 10.6 Å². The number of amides is 1. The SMILES string of the molecule is CC1(C)CCCC(NC(=O)C2CC(F)CN2)C1. The van der Waals surface area contributed by atoms with E-state index in [0.29, 0.717) is 18.4 Å². The quantitative estimate of drug-likeness (QED) is 0.775. The minimum Gasteiger partial charge on any atom is -0.352 e. The summed E-state index contributed by atoms with van der Waals surface area (Å²) in [4.78, 5) is 11.9. The van der Waals surface area contributed by atoms with Gasteiger partial charge in [0.1, 0.15) is 6.17 Å². The van der Waals surface area contributed by atoms with Crippen LogP contribution >= 0.6 is 0 Å². The minimum atomic E-state index is -0.867. The van der Waals surface area contributed by atoms with Gasteiger partial charge in [-0.25, -0.2) is 4.39 Å². The maximum absolute atomic E-state index is 13.0. The van der Waals surface area contributed by atoms with E-state index in [1.807, 2.05) is 0 Å². The number of carbonyl (C=O) groups is 1. The molecule has 0 aromatic rings. The Morgan fingerprint density at radius 2 is 2.24 bits per heavy atom. The van der Waals surface area contributed by atoms with Crippen molar-refractivity contribution in [2.24, 2.45) is 5.41 Å². The number of halogens is 1. The average Bonchev–Trinajstić information content (AvgIpc) is 2.63. The molecule has 0 bridgehead atoms. The Balaban J connectivity index is 1.82. The summed E-state index contributed by atoms with van der Waals surface area (Å²) in [6.07, 6.45) is 3.94. The van der Waals surface area contributed by atoms with Crippen LogP contribution in [0.4, 0.5) is 4.39 Å². The minimum absolute atomic E-state index is 0.0205. The fraction of sp³-hybridized carbons (Fsp3) is 0.923. The first kappa shape index (κ1) is 12.8. The predicted octanol–water partition coefficient (Wildman–Crippen LogP) is 1.77. The zero-order valence-electron chi connectivity index (χ0n) is 10.8. The van der Waals surface area contributed by atoms with E-state index in [4.69, 9.17) is 0 Å². The van der Waals surface area contributed by atoms with Gasteiger partial charge in [-0.1, -0.05) is 20.3 Å². The van der Waals surface area contributed by atoms with Crippen molar-refractivity contribution in [3.63, 3.8) is 0 Å². The smallest absolute Gasteiger partial charge is 0.237 e. The van der Waals surface area contributed by atoms with Crippen LogP contribution in [0, 0.1) is 5.41 Å². The molecule has 3 atom stereocenters. The summed E-state index contributed by atoms with van der Waals surface area (Å²) < 4.78 is 13.0. The van der Waals surface area contributed by atoms with Gasteiger partial charge in [-0.15, -0.1) is 0 Å². The number of rotatable bonds is 2. The van der Waals surface area contributed by atoms with Crippen LogP contribution in [-0.4, -0.2) is 30.7 Å². The number of hydrogen-bond donors (Lipinski definition) is 2. The zero-order valence-corrected chi connectivity index (χ0v) is 10.8. The molecule has 1 aliphatic carbocycles. The lowest BCUT2D eigenvalue weighted by Crippen LogP contribution is -2.47. The number of hydrogen-bond acceptors (Lipinski definition) is 2. The lowest BCUT2D eigenvalue weighted by Gasteiger charge is -2.36. The van der Waals surface area contributed by atoms with Crippen molar-refractivity contribution in [2.45, 2.75) is 64.2 Å². The zero-order chi connectivity index (χ0) is 12.5. The largest absolute Gasteiger partial charge is 0.352 e. The number of nitrogens with one attached hydrogen (secondary N) is 2. The summed E-state index contributed by atoms with van der Waals surface area (Å²) >= 11 is 0.